The lowest BCUT2D eigenvalue weighted by molar-refractivity contribution is -0.136. The van der Waals surface area contributed by atoms with Crippen molar-refractivity contribution < 1.29 is 9.53 Å². The Hall–Kier alpha value is -2.95. The van der Waals surface area contributed by atoms with Crippen LogP contribution in [0, 0.1) is 6.92 Å². The quantitative estimate of drug-likeness (QED) is 0.549. The Balaban J connectivity index is 1.92. The number of carbonyl (C=O) groups excluding carboxylic acids is 1. The van der Waals surface area contributed by atoms with Gasteiger partial charge in [0.15, 0.2) is 0 Å². The number of hydrogen-bond acceptors (Lipinski definition) is 4. The molecule has 1 heterocycles. The van der Waals surface area contributed by atoms with Gasteiger partial charge >= 0.3 is 5.97 Å². The van der Waals surface area contributed by atoms with Gasteiger partial charge < -0.3 is 4.74 Å². The molecule has 116 valence electrons. The maximum Gasteiger partial charge on any atom is 0.335 e. The number of fused-ring (bicyclic) bond motifs is 1. The van der Waals surface area contributed by atoms with Crippen molar-refractivity contribution >= 4 is 23.1 Å². The minimum Gasteiger partial charge on any atom is -0.466 e. The number of nitrogens with zero attached hydrogens (tertiary/aromatic N) is 3. The number of carbonyl (C=O) groups is 1. The molecule has 5 nitrogen and oxygen atoms in total. The molecule has 5 heteroatoms. The third-order valence-corrected chi connectivity index (χ3v) is 3.51. The molecule has 0 radical (unpaired) electrons. The van der Waals surface area contributed by atoms with E-state index in [1.807, 2.05) is 55.5 Å². The van der Waals surface area contributed by atoms with Crippen LogP contribution in [0.5, 0.6) is 0 Å². The fourth-order valence-corrected chi connectivity index (χ4v) is 2.29. The van der Waals surface area contributed by atoms with Gasteiger partial charge in [0.1, 0.15) is 11.0 Å². The molecule has 3 rings (SSSR count). The molecule has 0 fully saturated rings. The predicted octanol–water partition coefficient (Wildman–Crippen LogP) is 3.00. The molecule has 0 aliphatic carbocycles. The standard InChI is InChI=1S/C18H17N3O2/c1-13-7-9-14(10-8-13)11-15(18(22)23-2)12-21-19-16-5-3-4-6-17(16)20-21/h3-11H,12H2,1-2H3/b15-11+. The zero-order valence-corrected chi connectivity index (χ0v) is 13.1. The number of ether oxygens (including phenoxy) is 1. The van der Waals surface area contributed by atoms with Crippen LogP contribution in [0.25, 0.3) is 17.1 Å². The summed E-state index contributed by atoms with van der Waals surface area (Å²) in [5, 5.41) is 8.76. The van der Waals surface area contributed by atoms with Crippen LogP contribution >= 0.6 is 0 Å². The maximum absolute atomic E-state index is 12.0. The van der Waals surface area contributed by atoms with E-state index in [9.17, 15) is 4.79 Å². The molecule has 3 aromatic rings. The van der Waals surface area contributed by atoms with Crippen molar-refractivity contribution in [1.29, 1.82) is 0 Å². The first-order valence-electron chi connectivity index (χ1n) is 7.31. The van der Waals surface area contributed by atoms with Crippen molar-refractivity contribution in [1.82, 2.24) is 15.0 Å². The summed E-state index contributed by atoms with van der Waals surface area (Å²) < 4.78 is 4.88. The van der Waals surface area contributed by atoms with Gasteiger partial charge in [-0.2, -0.15) is 15.0 Å². The van der Waals surface area contributed by atoms with Crippen LogP contribution in [-0.2, 0) is 16.1 Å². The first-order valence-corrected chi connectivity index (χ1v) is 7.31. The molecular formula is C18H17N3O2. The van der Waals surface area contributed by atoms with Crippen molar-refractivity contribution in [3.8, 4) is 0 Å². The first kappa shape index (κ1) is 15.0. The summed E-state index contributed by atoms with van der Waals surface area (Å²) in [6, 6.07) is 15.5. The Morgan fingerprint density at radius 2 is 1.70 bits per heavy atom. The van der Waals surface area contributed by atoms with E-state index in [4.69, 9.17) is 4.74 Å². The van der Waals surface area contributed by atoms with E-state index in [-0.39, 0.29) is 12.5 Å². The third-order valence-electron chi connectivity index (χ3n) is 3.51. The molecular weight excluding hydrogens is 290 g/mol. The average molecular weight is 307 g/mol. The molecule has 0 N–H and O–H groups in total. The Morgan fingerprint density at radius 1 is 1.09 bits per heavy atom. The summed E-state index contributed by atoms with van der Waals surface area (Å²) in [5.41, 5.74) is 4.20. The molecule has 0 saturated heterocycles. The van der Waals surface area contributed by atoms with Crippen molar-refractivity contribution in [2.45, 2.75) is 13.5 Å². The van der Waals surface area contributed by atoms with Crippen LogP contribution in [0.4, 0.5) is 0 Å². The van der Waals surface area contributed by atoms with E-state index < -0.39 is 0 Å². The number of aromatic nitrogens is 3. The van der Waals surface area contributed by atoms with E-state index in [0.29, 0.717) is 5.57 Å². The van der Waals surface area contributed by atoms with Gasteiger partial charge in [-0.05, 0) is 30.7 Å². The predicted molar refractivity (Wildman–Crippen MR) is 88.7 cm³/mol. The van der Waals surface area contributed by atoms with Gasteiger partial charge in [-0.25, -0.2) is 4.79 Å². The van der Waals surface area contributed by atoms with E-state index in [1.165, 1.54) is 17.5 Å². The summed E-state index contributed by atoms with van der Waals surface area (Å²) in [7, 11) is 1.37. The average Bonchev–Trinajstić information content (AvgIpc) is 2.98. The summed E-state index contributed by atoms with van der Waals surface area (Å²) in [6.07, 6.45) is 1.80. The Bertz CT molecular complexity index is 830. The number of aryl methyl sites for hydroxylation is 1. The van der Waals surface area contributed by atoms with Gasteiger partial charge in [-0.15, -0.1) is 0 Å². The van der Waals surface area contributed by atoms with E-state index in [2.05, 4.69) is 10.2 Å². The van der Waals surface area contributed by atoms with Crippen LogP contribution in [0.2, 0.25) is 0 Å². The Morgan fingerprint density at radius 3 is 2.26 bits per heavy atom. The SMILES string of the molecule is COC(=O)/C(=C/c1ccc(C)cc1)Cn1nc2ccccc2n1. The molecule has 0 unspecified atom stereocenters. The topological polar surface area (TPSA) is 57.0 Å². The van der Waals surface area contributed by atoms with Gasteiger partial charge in [-0.1, -0.05) is 42.0 Å². The van der Waals surface area contributed by atoms with E-state index >= 15 is 0 Å². The lowest BCUT2D eigenvalue weighted by Gasteiger charge is -2.05. The Labute approximate surface area is 134 Å². The van der Waals surface area contributed by atoms with Crippen LogP contribution in [-0.4, -0.2) is 28.1 Å². The highest BCUT2D eigenvalue weighted by Crippen LogP contribution is 2.13. The fourth-order valence-electron chi connectivity index (χ4n) is 2.29. The molecule has 0 atom stereocenters. The van der Waals surface area contributed by atoms with Gasteiger partial charge in [-0.3, -0.25) is 0 Å². The van der Waals surface area contributed by atoms with E-state index in [1.54, 1.807) is 6.08 Å². The van der Waals surface area contributed by atoms with Gasteiger partial charge in [0.2, 0.25) is 0 Å². The molecule has 0 spiro atoms. The van der Waals surface area contributed by atoms with Crippen molar-refractivity contribution in [2.75, 3.05) is 7.11 Å². The van der Waals surface area contributed by atoms with E-state index in [0.717, 1.165) is 16.6 Å². The highest BCUT2D eigenvalue weighted by Gasteiger charge is 2.13. The molecule has 0 bridgehead atoms. The van der Waals surface area contributed by atoms with Crippen LogP contribution in [0.3, 0.4) is 0 Å². The van der Waals surface area contributed by atoms with Crippen LogP contribution < -0.4 is 0 Å². The van der Waals surface area contributed by atoms with Crippen molar-refractivity contribution in [3.63, 3.8) is 0 Å². The van der Waals surface area contributed by atoms with Crippen LogP contribution in [0.15, 0.2) is 54.1 Å². The molecule has 0 amide bonds. The largest absolute Gasteiger partial charge is 0.466 e. The highest BCUT2D eigenvalue weighted by molar-refractivity contribution is 5.93. The lowest BCUT2D eigenvalue weighted by Crippen LogP contribution is -2.13. The smallest absolute Gasteiger partial charge is 0.335 e. The zero-order chi connectivity index (χ0) is 16.2. The lowest BCUT2D eigenvalue weighted by atomic mass is 10.1. The molecule has 23 heavy (non-hydrogen) atoms. The number of esters is 1. The third kappa shape index (κ3) is 3.45. The van der Waals surface area contributed by atoms with Gasteiger partial charge in [0, 0.05) is 0 Å². The molecule has 2 aromatic carbocycles. The minimum atomic E-state index is -0.382. The van der Waals surface area contributed by atoms with Crippen molar-refractivity contribution in [3.05, 3.63) is 65.2 Å². The minimum absolute atomic E-state index is 0.259. The normalized spacial score (nSPS) is 11.7. The summed E-state index contributed by atoms with van der Waals surface area (Å²) in [6.45, 7) is 2.28. The second-order valence-electron chi connectivity index (χ2n) is 5.29. The number of hydrogen-bond donors (Lipinski definition) is 0. The number of rotatable bonds is 4. The number of benzene rings is 2. The molecule has 0 aliphatic rings. The maximum atomic E-state index is 12.0. The monoisotopic (exact) mass is 307 g/mol. The second-order valence-corrected chi connectivity index (χ2v) is 5.29. The second kappa shape index (κ2) is 6.44. The highest BCUT2D eigenvalue weighted by atomic mass is 16.5. The van der Waals surface area contributed by atoms with Crippen LogP contribution in [0.1, 0.15) is 11.1 Å². The van der Waals surface area contributed by atoms with Gasteiger partial charge in [0.05, 0.1) is 19.2 Å². The molecule has 0 saturated carbocycles. The molecule has 0 aliphatic heterocycles. The van der Waals surface area contributed by atoms with Gasteiger partial charge in [0.25, 0.3) is 0 Å². The Kier molecular flexibility index (Phi) is 4.19. The zero-order valence-electron chi connectivity index (χ0n) is 13.1. The van der Waals surface area contributed by atoms with Crippen molar-refractivity contribution in [2.24, 2.45) is 0 Å². The number of methoxy groups -OCH3 is 1. The molecule has 1 aromatic heterocycles. The summed E-state index contributed by atoms with van der Waals surface area (Å²) in [5.74, 6) is -0.382. The summed E-state index contributed by atoms with van der Waals surface area (Å²) >= 11 is 0. The fraction of sp³-hybridized carbons (Fsp3) is 0.167. The summed E-state index contributed by atoms with van der Waals surface area (Å²) in [4.78, 5) is 13.6. The first-order chi connectivity index (χ1) is 11.2.